The third kappa shape index (κ3) is 2.87. The molecule has 0 aliphatic carbocycles. The van der Waals surface area contributed by atoms with Crippen molar-refractivity contribution in [1.29, 1.82) is 0 Å². The zero-order chi connectivity index (χ0) is 13.1. The number of carbonyl (C=O) groups excluding carboxylic acids is 1. The van der Waals surface area contributed by atoms with Gasteiger partial charge in [-0.2, -0.15) is 0 Å². The summed E-state index contributed by atoms with van der Waals surface area (Å²) < 4.78 is 0.601. The van der Waals surface area contributed by atoms with Gasteiger partial charge in [-0.1, -0.05) is 0 Å². The van der Waals surface area contributed by atoms with Gasteiger partial charge >= 0.3 is 0 Å². The number of pyridine rings is 1. The first-order chi connectivity index (χ1) is 8.56. The summed E-state index contributed by atoms with van der Waals surface area (Å²) >= 11 is 4.43. The fraction of sp³-hybridized carbons (Fsp3) is 0. The molecule has 18 heavy (non-hydrogen) atoms. The largest absolute Gasteiger partial charge is 0.305 e. The average molecular weight is 329 g/mol. The topological polar surface area (TPSA) is 98.0 Å². The van der Waals surface area contributed by atoms with Gasteiger partial charge in [0.25, 0.3) is 11.6 Å². The maximum atomic E-state index is 11.7. The van der Waals surface area contributed by atoms with Crippen LogP contribution >= 0.6 is 27.3 Å². The van der Waals surface area contributed by atoms with Crippen molar-refractivity contribution in [2.45, 2.75) is 0 Å². The van der Waals surface area contributed by atoms with E-state index in [9.17, 15) is 14.9 Å². The first-order valence-corrected chi connectivity index (χ1v) is 6.26. The van der Waals surface area contributed by atoms with Crippen LogP contribution < -0.4 is 5.32 Å². The second kappa shape index (κ2) is 5.19. The number of anilines is 1. The molecule has 1 amide bonds. The molecule has 2 heterocycles. The van der Waals surface area contributed by atoms with Crippen molar-refractivity contribution in [1.82, 2.24) is 9.97 Å². The zero-order valence-electron chi connectivity index (χ0n) is 8.66. The summed E-state index contributed by atoms with van der Waals surface area (Å²) in [5.41, 5.74) is 0.122. The van der Waals surface area contributed by atoms with Crippen molar-refractivity contribution in [3.8, 4) is 0 Å². The fourth-order valence-corrected chi connectivity index (χ4v) is 2.10. The minimum absolute atomic E-state index is 0.135. The first kappa shape index (κ1) is 12.6. The number of amides is 1. The molecule has 7 nitrogen and oxygen atoms in total. The Kier molecular flexibility index (Phi) is 3.63. The highest BCUT2D eigenvalue weighted by Gasteiger charge is 2.11. The highest BCUT2D eigenvalue weighted by molar-refractivity contribution is 9.11. The SMILES string of the molecule is O=C(Nc1ccc([N+](=O)[O-])cn1)c1csc(Br)n1. The van der Waals surface area contributed by atoms with Crippen LogP contribution in [0.1, 0.15) is 10.5 Å². The predicted octanol–water partition coefficient (Wildman–Crippen LogP) is 2.46. The summed E-state index contributed by atoms with van der Waals surface area (Å²) in [4.78, 5) is 29.3. The standard InChI is InChI=1S/C9H5BrN4O3S/c10-9-12-6(4-18-9)8(15)13-7-2-1-5(3-11-7)14(16)17/h1-4H,(H,11,13,15). The molecule has 0 unspecified atom stereocenters. The molecule has 0 atom stereocenters. The summed E-state index contributed by atoms with van der Waals surface area (Å²) in [6.07, 6.45) is 1.08. The Balaban J connectivity index is 2.10. The molecule has 0 aliphatic rings. The third-order valence-electron chi connectivity index (χ3n) is 1.91. The minimum atomic E-state index is -0.559. The van der Waals surface area contributed by atoms with E-state index >= 15 is 0 Å². The number of hydrogen-bond acceptors (Lipinski definition) is 6. The van der Waals surface area contributed by atoms with E-state index in [1.165, 1.54) is 23.5 Å². The van der Waals surface area contributed by atoms with Crippen LogP contribution in [0.3, 0.4) is 0 Å². The monoisotopic (exact) mass is 328 g/mol. The van der Waals surface area contributed by atoms with Crippen molar-refractivity contribution in [2.75, 3.05) is 5.32 Å². The van der Waals surface area contributed by atoms with E-state index in [0.29, 0.717) is 3.92 Å². The number of halogens is 1. The molecule has 0 saturated heterocycles. The van der Waals surface area contributed by atoms with Crippen molar-refractivity contribution in [3.05, 3.63) is 43.4 Å². The zero-order valence-corrected chi connectivity index (χ0v) is 11.1. The first-order valence-electron chi connectivity index (χ1n) is 4.59. The quantitative estimate of drug-likeness (QED) is 0.689. The van der Waals surface area contributed by atoms with E-state index in [-0.39, 0.29) is 17.2 Å². The molecule has 0 radical (unpaired) electrons. The molecule has 92 valence electrons. The van der Waals surface area contributed by atoms with E-state index in [2.05, 4.69) is 31.2 Å². The fourth-order valence-electron chi connectivity index (χ4n) is 1.10. The Hall–Kier alpha value is -1.87. The molecule has 0 fully saturated rings. The summed E-state index contributed by atoms with van der Waals surface area (Å²) in [7, 11) is 0. The van der Waals surface area contributed by atoms with Gasteiger partial charge in [-0.3, -0.25) is 14.9 Å². The Bertz CT molecular complexity index is 598. The maximum Gasteiger partial charge on any atom is 0.287 e. The van der Waals surface area contributed by atoms with E-state index in [1.807, 2.05) is 0 Å². The number of thiazole rings is 1. The summed E-state index contributed by atoms with van der Waals surface area (Å²) in [6, 6.07) is 2.62. The molecule has 0 saturated carbocycles. The van der Waals surface area contributed by atoms with Crippen LogP contribution in [0.15, 0.2) is 27.6 Å². The lowest BCUT2D eigenvalue weighted by molar-refractivity contribution is -0.385. The molecule has 2 aromatic heterocycles. The number of nitrogens with one attached hydrogen (secondary N) is 1. The lowest BCUT2D eigenvalue weighted by Gasteiger charge is -2.00. The lowest BCUT2D eigenvalue weighted by Crippen LogP contribution is -2.13. The van der Waals surface area contributed by atoms with Crippen LogP contribution in [-0.4, -0.2) is 20.8 Å². The third-order valence-corrected chi connectivity index (χ3v) is 3.27. The Morgan fingerprint density at radius 2 is 2.28 bits per heavy atom. The van der Waals surface area contributed by atoms with E-state index < -0.39 is 10.8 Å². The summed E-state index contributed by atoms with van der Waals surface area (Å²) in [6.45, 7) is 0. The maximum absolute atomic E-state index is 11.7. The number of nitro groups is 1. The van der Waals surface area contributed by atoms with Gasteiger partial charge in [-0.25, -0.2) is 9.97 Å². The van der Waals surface area contributed by atoms with Gasteiger partial charge in [0.1, 0.15) is 17.7 Å². The van der Waals surface area contributed by atoms with E-state index in [1.54, 1.807) is 5.38 Å². The average Bonchev–Trinajstić information content (AvgIpc) is 2.76. The Morgan fingerprint density at radius 3 is 2.78 bits per heavy atom. The Morgan fingerprint density at radius 1 is 1.50 bits per heavy atom. The van der Waals surface area contributed by atoms with Crippen LogP contribution in [0.2, 0.25) is 0 Å². The van der Waals surface area contributed by atoms with E-state index in [0.717, 1.165) is 6.20 Å². The smallest absolute Gasteiger partial charge is 0.287 e. The molecule has 2 aromatic rings. The van der Waals surface area contributed by atoms with Gasteiger partial charge < -0.3 is 5.32 Å². The van der Waals surface area contributed by atoms with Crippen LogP contribution in [0, 0.1) is 10.1 Å². The van der Waals surface area contributed by atoms with Crippen LogP contribution in [0.4, 0.5) is 11.5 Å². The molecule has 9 heteroatoms. The van der Waals surface area contributed by atoms with Crippen LogP contribution in [0.25, 0.3) is 0 Å². The summed E-state index contributed by atoms with van der Waals surface area (Å²) in [5.74, 6) is -0.187. The number of carbonyl (C=O) groups is 1. The normalized spacial score (nSPS) is 10.1. The van der Waals surface area contributed by atoms with Crippen molar-refractivity contribution in [3.63, 3.8) is 0 Å². The second-order valence-electron chi connectivity index (χ2n) is 3.10. The highest BCUT2D eigenvalue weighted by atomic mass is 79.9. The highest BCUT2D eigenvalue weighted by Crippen LogP contribution is 2.17. The molecular formula is C9H5BrN4O3S. The number of nitrogens with zero attached hydrogens (tertiary/aromatic N) is 3. The molecule has 0 spiro atoms. The van der Waals surface area contributed by atoms with Gasteiger partial charge in [-0.05, 0) is 22.0 Å². The Labute approximate surface area is 113 Å². The number of rotatable bonds is 3. The summed E-state index contributed by atoms with van der Waals surface area (Å²) in [5, 5.41) is 14.5. The second-order valence-corrected chi connectivity index (χ2v) is 5.23. The van der Waals surface area contributed by atoms with Crippen molar-refractivity contribution < 1.29 is 9.72 Å². The molecule has 0 aliphatic heterocycles. The van der Waals surface area contributed by atoms with Crippen molar-refractivity contribution in [2.24, 2.45) is 0 Å². The van der Waals surface area contributed by atoms with Gasteiger partial charge in [-0.15, -0.1) is 11.3 Å². The number of aromatic nitrogens is 2. The van der Waals surface area contributed by atoms with Crippen molar-refractivity contribution >= 4 is 44.7 Å². The van der Waals surface area contributed by atoms with Gasteiger partial charge in [0.2, 0.25) is 0 Å². The molecule has 2 rings (SSSR count). The molecular weight excluding hydrogens is 324 g/mol. The van der Waals surface area contributed by atoms with Gasteiger partial charge in [0.15, 0.2) is 3.92 Å². The lowest BCUT2D eigenvalue weighted by atomic mass is 10.4. The molecule has 0 bridgehead atoms. The van der Waals surface area contributed by atoms with Crippen LogP contribution in [-0.2, 0) is 0 Å². The minimum Gasteiger partial charge on any atom is -0.305 e. The van der Waals surface area contributed by atoms with Gasteiger partial charge in [0, 0.05) is 11.4 Å². The predicted molar refractivity (Wildman–Crippen MR) is 68.7 cm³/mol. The molecule has 0 aromatic carbocycles. The van der Waals surface area contributed by atoms with Gasteiger partial charge in [0.05, 0.1) is 4.92 Å². The van der Waals surface area contributed by atoms with Crippen LogP contribution in [0.5, 0.6) is 0 Å². The molecule has 1 N–H and O–H groups in total. The van der Waals surface area contributed by atoms with E-state index in [4.69, 9.17) is 0 Å². The number of hydrogen-bond donors (Lipinski definition) is 1.